The summed E-state index contributed by atoms with van der Waals surface area (Å²) in [6.45, 7) is 2.58. The lowest BCUT2D eigenvalue weighted by molar-refractivity contribution is 0.0306. The number of ether oxygens (including phenoxy) is 1. The van der Waals surface area contributed by atoms with Crippen molar-refractivity contribution in [2.45, 2.75) is 31.6 Å². The van der Waals surface area contributed by atoms with Crippen LogP contribution in [0.25, 0.3) is 0 Å². The molecule has 100 valence electrons. The van der Waals surface area contributed by atoms with Crippen molar-refractivity contribution < 1.29 is 4.74 Å². The Labute approximate surface area is 117 Å². The van der Waals surface area contributed by atoms with E-state index in [0.717, 1.165) is 30.4 Å². The van der Waals surface area contributed by atoms with Crippen LogP contribution in [0.15, 0.2) is 28.7 Å². The normalized spacial score (nSPS) is 23.8. The first-order valence-electron chi connectivity index (χ1n) is 6.46. The predicted octanol–water partition coefficient (Wildman–Crippen LogP) is 2.39. The highest BCUT2D eigenvalue weighted by Crippen LogP contribution is 2.20. The molecule has 3 nitrogen and oxygen atoms in total. The van der Waals surface area contributed by atoms with Gasteiger partial charge in [-0.25, -0.2) is 0 Å². The van der Waals surface area contributed by atoms with Crippen LogP contribution in [-0.2, 0) is 11.3 Å². The van der Waals surface area contributed by atoms with Gasteiger partial charge in [-0.2, -0.15) is 0 Å². The quantitative estimate of drug-likeness (QED) is 0.907. The highest BCUT2D eigenvalue weighted by atomic mass is 79.9. The summed E-state index contributed by atoms with van der Waals surface area (Å²) in [5.74, 6) is 0. The lowest BCUT2D eigenvalue weighted by atomic mass is 10.1. The zero-order valence-electron chi connectivity index (χ0n) is 10.8. The van der Waals surface area contributed by atoms with Crippen LogP contribution >= 0.6 is 15.9 Å². The first kappa shape index (κ1) is 14.0. The number of halogens is 1. The van der Waals surface area contributed by atoms with Crippen LogP contribution in [-0.4, -0.2) is 37.2 Å². The summed E-state index contributed by atoms with van der Waals surface area (Å²) < 4.78 is 6.99. The molecule has 0 saturated carbocycles. The molecule has 4 heteroatoms. The average Bonchev–Trinajstić information content (AvgIpc) is 2.79. The molecule has 1 fully saturated rings. The van der Waals surface area contributed by atoms with Crippen LogP contribution in [0.1, 0.15) is 18.4 Å². The van der Waals surface area contributed by atoms with Crippen molar-refractivity contribution in [3.8, 4) is 0 Å². The Morgan fingerprint density at radius 2 is 1.94 bits per heavy atom. The SMILES string of the molecule is CN(Cc1ccc(Br)cc1)CC1CCC(CN)O1. The summed E-state index contributed by atoms with van der Waals surface area (Å²) in [7, 11) is 2.14. The fourth-order valence-corrected chi connectivity index (χ4v) is 2.67. The minimum atomic E-state index is 0.274. The van der Waals surface area contributed by atoms with E-state index in [4.69, 9.17) is 10.5 Å². The maximum absolute atomic E-state index is 5.86. The van der Waals surface area contributed by atoms with Gasteiger partial charge in [0.15, 0.2) is 0 Å². The zero-order valence-corrected chi connectivity index (χ0v) is 12.4. The number of rotatable bonds is 5. The zero-order chi connectivity index (χ0) is 13.0. The molecule has 1 aliphatic heterocycles. The summed E-state index contributed by atoms with van der Waals surface area (Å²) >= 11 is 3.45. The molecule has 0 aliphatic carbocycles. The second-order valence-electron chi connectivity index (χ2n) is 5.02. The van der Waals surface area contributed by atoms with Gasteiger partial charge >= 0.3 is 0 Å². The van der Waals surface area contributed by atoms with Crippen molar-refractivity contribution in [3.63, 3.8) is 0 Å². The Morgan fingerprint density at radius 1 is 1.28 bits per heavy atom. The van der Waals surface area contributed by atoms with Gasteiger partial charge in [0.1, 0.15) is 0 Å². The van der Waals surface area contributed by atoms with E-state index in [1.54, 1.807) is 0 Å². The third kappa shape index (κ3) is 4.05. The predicted molar refractivity (Wildman–Crippen MR) is 77.4 cm³/mol. The second-order valence-corrected chi connectivity index (χ2v) is 5.93. The highest BCUT2D eigenvalue weighted by Gasteiger charge is 2.24. The Hall–Kier alpha value is -0.420. The second kappa shape index (κ2) is 6.66. The van der Waals surface area contributed by atoms with Gasteiger partial charge in [-0.05, 0) is 37.6 Å². The molecule has 2 unspecified atom stereocenters. The topological polar surface area (TPSA) is 38.5 Å². The molecule has 0 aromatic heterocycles. The number of nitrogens with zero attached hydrogens (tertiary/aromatic N) is 1. The Kier molecular flexibility index (Phi) is 5.18. The molecule has 0 radical (unpaired) electrons. The Bertz CT molecular complexity index is 369. The highest BCUT2D eigenvalue weighted by molar-refractivity contribution is 9.10. The fourth-order valence-electron chi connectivity index (χ4n) is 2.40. The molecular formula is C14H21BrN2O. The van der Waals surface area contributed by atoms with Crippen molar-refractivity contribution >= 4 is 15.9 Å². The summed E-state index contributed by atoms with van der Waals surface area (Å²) in [5, 5.41) is 0. The van der Waals surface area contributed by atoms with Crippen molar-refractivity contribution in [1.29, 1.82) is 0 Å². The van der Waals surface area contributed by atoms with E-state index in [0.29, 0.717) is 12.6 Å². The molecule has 18 heavy (non-hydrogen) atoms. The van der Waals surface area contributed by atoms with Crippen LogP contribution in [0.3, 0.4) is 0 Å². The molecule has 2 atom stereocenters. The molecule has 0 spiro atoms. The van der Waals surface area contributed by atoms with Gasteiger partial charge in [0.2, 0.25) is 0 Å². The number of hydrogen-bond donors (Lipinski definition) is 1. The summed E-state index contributed by atoms with van der Waals surface area (Å²) in [4.78, 5) is 2.31. The number of hydrogen-bond acceptors (Lipinski definition) is 3. The van der Waals surface area contributed by atoms with Crippen LogP contribution in [0.5, 0.6) is 0 Å². The van der Waals surface area contributed by atoms with Crippen molar-refractivity contribution in [2.75, 3.05) is 20.1 Å². The molecule has 1 aromatic carbocycles. The minimum Gasteiger partial charge on any atom is -0.372 e. The monoisotopic (exact) mass is 312 g/mol. The van der Waals surface area contributed by atoms with Crippen molar-refractivity contribution in [3.05, 3.63) is 34.3 Å². The van der Waals surface area contributed by atoms with E-state index in [9.17, 15) is 0 Å². The fraction of sp³-hybridized carbons (Fsp3) is 0.571. The third-order valence-corrected chi connectivity index (χ3v) is 3.87. The van der Waals surface area contributed by atoms with E-state index < -0.39 is 0 Å². The van der Waals surface area contributed by atoms with Gasteiger partial charge in [0.25, 0.3) is 0 Å². The molecule has 1 aliphatic rings. The molecule has 0 amide bonds. The largest absolute Gasteiger partial charge is 0.372 e. The van der Waals surface area contributed by atoms with Crippen LogP contribution in [0.2, 0.25) is 0 Å². The van der Waals surface area contributed by atoms with Crippen molar-refractivity contribution in [2.24, 2.45) is 5.73 Å². The minimum absolute atomic E-state index is 0.274. The van der Waals surface area contributed by atoms with Crippen LogP contribution < -0.4 is 5.73 Å². The maximum atomic E-state index is 5.86. The van der Waals surface area contributed by atoms with Gasteiger partial charge in [0.05, 0.1) is 12.2 Å². The first-order chi connectivity index (χ1) is 8.67. The van der Waals surface area contributed by atoms with E-state index in [1.165, 1.54) is 5.56 Å². The van der Waals surface area contributed by atoms with Crippen LogP contribution in [0, 0.1) is 0 Å². The smallest absolute Gasteiger partial charge is 0.0707 e. The van der Waals surface area contributed by atoms with E-state index in [2.05, 4.69) is 52.1 Å². The third-order valence-electron chi connectivity index (χ3n) is 3.34. The Balaban J connectivity index is 1.78. The molecule has 1 aromatic rings. The van der Waals surface area contributed by atoms with E-state index in [1.807, 2.05) is 0 Å². The molecular weight excluding hydrogens is 292 g/mol. The van der Waals surface area contributed by atoms with Gasteiger partial charge in [-0.15, -0.1) is 0 Å². The maximum Gasteiger partial charge on any atom is 0.0707 e. The van der Waals surface area contributed by atoms with Crippen molar-refractivity contribution in [1.82, 2.24) is 4.90 Å². The standard InChI is InChI=1S/C14H21BrN2O/c1-17(9-11-2-4-12(15)5-3-11)10-14-7-6-13(8-16)18-14/h2-5,13-14H,6-10,16H2,1H3. The summed E-state index contributed by atoms with van der Waals surface area (Å²) in [6, 6.07) is 8.47. The lowest BCUT2D eigenvalue weighted by Gasteiger charge is -2.21. The molecule has 0 bridgehead atoms. The summed E-state index contributed by atoms with van der Waals surface area (Å²) in [6.07, 6.45) is 2.86. The van der Waals surface area contributed by atoms with Gasteiger partial charge in [-0.3, -0.25) is 4.90 Å². The summed E-state index contributed by atoms with van der Waals surface area (Å²) in [5.41, 5.74) is 6.95. The van der Waals surface area contributed by atoms with E-state index in [-0.39, 0.29) is 6.10 Å². The van der Waals surface area contributed by atoms with Crippen LogP contribution in [0.4, 0.5) is 0 Å². The molecule has 2 rings (SSSR count). The van der Waals surface area contributed by atoms with Gasteiger partial charge in [0, 0.05) is 24.1 Å². The molecule has 1 saturated heterocycles. The number of benzene rings is 1. The average molecular weight is 313 g/mol. The molecule has 2 N–H and O–H groups in total. The first-order valence-corrected chi connectivity index (χ1v) is 7.25. The van der Waals surface area contributed by atoms with E-state index >= 15 is 0 Å². The van der Waals surface area contributed by atoms with Gasteiger partial charge < -0.3 is 10.5 Å². The Morgan fingerprint density at radius 3 is 2.56 bits per heavy atom. The lowest BCUT2D eigenvalue weighted by Crippen LogP contribution is -2.30. The molecule has 1 heterocycles. The van der Waals surface area contributed by atoms with Gasteiger partial charge in [-0.1, -0.05) is 28.1 Å². The number of likely N-dealkylation sites (N-methyl/N-ethyl adjacent to an activating group) is 1. The number of nitrogens with two attached hydrogens (primary N) is 1.